The average molecular weight is 241 g/mol. The Morgan fingerprint density at radius 3 is 2.53 bits per heavy atom. The van der Waals surface area contributed by atoms with Crippen LogP contribution < -0.4 is 5.73 Å². The van der Waals surface area contributed by atoms with Crippen LogP contribution in [0, 0.1) is 13.8 Å². The minimum Gasteiger partial charge on any atom is -0.382 e. The molecule has 0 bridgehead atoms. The molecule has 0 spiro atoms. The third-order valence-corrected chi connectivity index (χ3v) is 2.77. The van der Waals surface area contributed by atoms with E-state index in [4.69, 9.17) is 15.2 Å². The van der Waals surface area contributed by atoms with E-state index in [0.29, 0.717) is 19.8 Å². The molecule has 5 heteroatoms. The van der Waals surface area contributed by atoms with Gasteiger partial charge in [-0.3, -0.25) is 4.68 Å². The number of rotatable bonds is 7. The number of nitrogens with two attached hydrogens (primary N) is 1. The van der Waals surface area contributed by atoms with Gasteiger partial charge in [0.15, 0.2) is 0 Å². The summed E-state index contributed by atoms with van der Waals surface area (Å²) in [6.07, 6.45) is 0. The molecule has 5 nitrogen and oxygen atoms in total. The molecule has 17 heavy (non-hydrogen) atoms. The third kappa shape index (κ3) is 3.80. The molecule has 1 aromatic rings. The maximum absolute atomic E-state index is 5.92. The Labute approximate surface area is 103 Å². The van der Waals surface area contributed by atoms with Gasteiger partial charge in [-0.2, -0.15) is 5.10 Å². The summed E-state index contributed by atoms with van der Waals surface area (Å²) in [5.74, 6) is 0. The molecule has 0 saturated heterocycles. The van der Waals surface area contributed by atoms with Crippen molar-refractivity contribution in [2.24, 2.45) is 5.73 Å². The molecule has 0 aliphatic heterocycles. The van der Waals surface area contributed by atoms with Gasteiger partial charge < -0.3 is 15.2 Å². The monoisotopic (exact) mass is 241 g/mol. The van der Waals surface area contributed by atoms with E-state index in [1.807, 2.05) is 25.5 Å². The van der Waals surface area contributed by atoms with Gasteiger partial charge in [-0.25, -0.2) is 0 Å². The molecule has 0 aromatic carbocycles. The molecule has 1 aromatic heterocycles. The van der Waals surface area contributed by atoms with Gasteiger partial charge in [-0.1, -0.05) is 0 Å². The second kappa shape index (κ2) is 6.74. The number of hydrogen-bond acceptors (Lipinski definition) is 4. The van der Waals surface area contributed by atoms with Crippen molar-refractivity contribution in [1.82, 2.24) is 9.78 Å². The molecule has 1 rings (SSSR count). The first-order valence-electron chi connectivity index (χ1n) is 5.94. The lowest BCUT2D eigenvalue weighted by Crippen LogP contribution is -2.12. The highest BCUT2D eigenvalue weighted by Crippen LogP contribution is 2.19. The van der Waals surface area contributed by atoms with Crippen molar-refractivity contribution in [2.75, 3.05) is 26.9 Å². The smallest absolute Gasteiger partial charge is 0.0701 e. The highest BCUT2D eigenvalue weighted by Gasteiger charge is 2.14. The van der Waals surface area contributed by atoms with E-state index in [9.17, 15) is 0 Å². The first-order chi connectivity index (χ1) is 8.07. The summed E-state index contributed by atoms with van der Waals surface area (Å²) in [5.41, 5.74) is 9.20. The first-order valence-corrected chi connectivity index (χ1v) is 5.94. The molecule has 1 heterocycles. The lowest BCUT2D eigenvalue weighted by Gasteiger charge is -2.08. The van der Waals surface area contributed by atoms with Gasteiger partial charge in [-0.15, -0.1) is 0 Å². The zero-order valence-corrected chi connectivity index (χ0v) is 11.2. The normalized spacial score (nSPS) is 13.0. The van der Waals surface area contributed by atoms with Crippen molar-refractivity contribution >= 4 is 0 Å². The molecule has 0 saturated carbocycles. The second-order valence-electron chi connectivity index (χ2n) is 4.20. The van der Waals surface area contributed by atoms with Gasteiger partial charge in [0, 0.05) is 24.4 Å². The Bertz CT molecular complexity index is 348. The molecule has 0 aliphatic rings. The molecule has 1 unspecified atom stereocenters. The summed E-state index contributed by atoms with van der Waals surface area (Å²) in [6, 6.07) is 0.0261. The second-order valence-corrected chi connectivity index (χ2v) is 4.20. The van der Waals surface area contributed by atoms with Crippen molar-refractivity contribution in [3.05, 3.63) is 17.0 Å². The zero-order chi connectivity index (χ0) is 12.8. The topological polar surface area (TPSA) is 62.3 Å². The number of ether oxygens (including phenoxy) is 2. The molecular weight excluding hydrogens is 218 g/mol. The van der Waals surface area contributed by atoms with E-state index in [2.05, 4.69) is 5.10 Å². The quantitative estimate of drug-likeness (QED) is 0.728. The minimum absolute atomic E-state index is 0.0261. The van der Waals surface area contributed by atoms with Crippen LogP contribution in [0.1, 0.15) is 29.9 Å². The fourth-order valence-corrected chi connectivity index (χ4v) is 1.98. The van der Waals surface area contributed by atoms with Crippen LogP contribution in [-0.2, 0) is 16.0 Å². The van der Waals surface area contributed by atoms with Crippen molar-refractivity contribution in [1.29, 1.82) is 0 Å². The van der Waals surface area contributed by atoms with E-state index in [0.717, 1.165) is 23.5 Å². The van der Waals surface area contributed by atoms with Gasteiger partial charge in [0.2, 0.25) is 0 Å². The van der Waals surface area contributed by atoms with Crippen LogP contribution in [0.25, 0.3) is 0 Å². The number of nitrogens with zero attached hydrogens (tertiary/aromatic N) is 2. The van der Waals surface area contributed by atoms with Gasteiger partial charge in [0.1, 0.15) is 0 Å². The van der Waals surface area contributed by atoms with E-state index < -0.39 is 0 Å². The third-order valence-electron chi connectivity index (χ3n) is 2.77. The molecule has 0 amide bonds. The number of methoxy groups -OCH3 is 1. The Hall–Kier alpha value is -0.910. The van der Waals surface area contributed by atoms with Crippen molar-refractivity contribution in [3.8, 4) is 0 Å². The van der Waals surface area contributed by atoms with Crippen LogP contribution in [-0.4, -0.2) is 36.7 Å². The van der Waals surface area contributed by atoms with Crippen molar-refractivity contribution < 1.29 is 9.47 Å². The van der Waals surface area contributed by atoms with Crippen LogP contribution in [0.5, 0.6) is 0 Å². The molecule has 0 radical (unpaired) electrons. The van der Waals surface area contributed by atoms with E-state index in [1.165, 1.54) is 0 Å². The summed E-state index contributed by atoms with van der Waals surface area (Å²) in [7, 11) is 1.67. The predicted octanol–water partition coefficient (Wildman–Crippen LogP) is 1.18. The molecule has 0 aliphatic carbocycles. The van der Waals surface area contributed by atoms with Gasteiger partial charge >= 0.3 is 0 Å². The Balaban J connectivity index is 2.52. The van der Waals surface area contributed by atoms with Crippen LogP contribution in [0.4, 0.5) is 0 Å². The largest absolute Gasteiger partial charge is 0.382 e. The first kappa shape index (κ1) is 14.2. The maximum Gasteiger partial charge on any atom is 0.0701 e. The lowest BCUT2D eigenvalue weighted by molar-refractivity contribution is 0.0651. The SMILES string of the molecule is COCCOCCn1nc(C)c(C(C)N)c1C. The van der Waals surface area contributed by atoms with Gasteiger partial charge in [-0.05, 0) is 20.8 Å². The maximum atomic E-state index is 5.92. The Kier molecular flexibility index (Phi) is 5.61. The van der Waals surface area contributed by atoms with Crippen LogP contribution >= 0.6 is 0 Å². The molecule has 0 fully saturated rings. The standard InChI is InChI=1S/C12H23N3O2/c1-9(13)12-10(2)14-15(11(12)3)5-6-17-8-7-16-4/h9H,5-8,13H2,1-4H3. The number of hydrogen-bond donors (Lipinski definition) is 1. The highest BCUT2D eigenvalue weighted by atomic mass is 16.5. The lowest BCUT2D eigenvalue weighted by atomic mass is 10.1. The van der Waals surface area contributed by atoms with Gasteiger partial charge in [0.05, 0.1) is 32.1 Å². The fraction of sp³-hybridized carbons (Fsp3) is 0.750. The summed E-state index contributed by atoms with van der Waals surface area (Å²) < 4.78 is 12.3. The Morgan fingerprint density at radius 1 is 1.29 bits per heavy atom. The fourth-order valence-electron chi connectivity index (χ4n) is 1.98. The molecule has 2 N–H and O–H groups in total. The predicted molar refractivity (Wildman–Crippen MR) is 67.0 cm³/mol. The summed E-state index contributed by atoms with van der Waals surface area (Å²) >= 11 is 0. The molecular formula is C12H23N3O2. The minimum atomic E-state index is 0.0261. The van der Waals surface area contributed by atoms with E-state index >= 15 is 0 Å². The van der Waals surface area contributed by atoms with Crippen molar-refractivity contribution in [2.45, 2.75) is 33.4 Å². The highest BCUT2D eigenvalue weighted by molar-refractivity contribution is 5.27. The Morgan fingerprint density at radius 2 is 2.00 bits per heavy atom. The number of aromatic nitrogens is 2. The van der Waals surface area contributed by atoms with Crippen LogP contribution in [0.15, 0.2) is 0 Å². The van der Waals surface area contributed by atoms with E-state index in [-0.39, 0.29) is 6.04 Å². The summed E-state index contributed by atoms with van der Waals surface area (Å²) in [6.45, 7) is 8.67. The average Bonchev–Trinajstić information content (AvgIpc) is 2.53. The van der Waals surface area contributed by atoms with Gasteiger partial charge in [0.25, 0.3) is 0 Å². The molecule has 98 valence electrons. The van der Waals surface area contributed by atoms with Crippen molar-refractivity contribution in [3.63, 3.8) is 0 Å². The number of aryl methyl sites for hydroxylation is 1. The molecule has 1 atom stereocenters. The zero-order valence-electron chi connectivity index (χ0n) is 11.2. The van der Waals surface area contributed by atoms with E-state index in [1.54, 1.807) is 7.11 Å². The van der Waals surface area contributed by atoms with Crippen LogP contribution in [0.3, 0.4) is 0 Å². The summed E-state index contributed by atoms with van der Waals surface area (Å²) in [4.78, 5) is 0. The van der Waals surface area contributed by atoms with Crippen LogP contribution in [0.2, 0.25) is 0 Å². The summed E-state index contributed by atoms with van der Waals surface area (Å²) in [5, 5.41) is 4.47.